The third-order valence-electron chi connectivity index (χ3n) is 11.3. The molecule has 0 saturated heterocycles. The summed E-state index contributed by atoms with van der Waals surface area (Å²) in [5, 5.41) is 12.8. The molecule has 8 nitrogen and oxygen atoms in total. The molecule has 8 heteroatoms. The molecule has 2 heterocycles. The largest absolute Gasteiger partial charge is 0.384 e. The number of carbonyl (C=O) groups is 2. The van der Waals surface area contributed by atoms with Crippen LogP contribution in [0.3, 0.4) is 0 Å². The van der Waals surface area contributed by atoms with Gasteiger partial charge < -0.3 is 10.6 Å². The van der Waals surface area contributed by atoms with Gasteiger partial charge in [0.2, 0.25) is 0 Å². The minimum absolute atomic E-state index is 0.00473. The summed E-state index contributed by atoms with van der Waals surface area (Å²) in [5.41, 5.74) is 6.83. The quantitative estimate of drug-likeness (QED) is 0.136. The molecular weight excluding hydrogens is 693 g/mol. The van der Waals surface area contributed by atoms with Crippen molar-refractivity contribution < 1.29 is 9.59 Å². The maximum absolute atomic E-state index is 13.6. The SMILES string of the molecule is CCN(C1CCCCC1)N(C(=O)c1ccccc1)c1cnc2ccccc2c1.Cc1cccc(C(=O)Nc2cnc3ccccc3c2)c1NCC1CCCCC1. The molecule has 4 aromatic carbocycles. The molecule has 2 aliphatic carbocycles. The van der Waals surface area contributed by atoms with Crippen molar-refractivity contribution in [2.24, 2.45) is 5.92 Å². The Morgan fingerprint density at radius 2 is 1.32 bits per heavy atom. The molecule has 288 valence electrons. The van der Waals surface area contributed by atoms with E-state index < -0.39 is 0 Å². The predicted octanol–water partition coefficient (Wildman–Crippen LogP) is 11.2. The zero-order chi connectivity index (χ0) is 38.7. The van der Waals surface area contributed by atoms with Crippen LogP contribution in [0.15, 0.2) is 122 Å². The standard InChI is InChI=1S/2C24H27N3O/c1-17-8-7-12-21(23(17)26-15-18-9-3-2-4-10-18)24(28)27-20-14-19-11-5-6-13-22(19)25-16-20;1-2-26(21-14-7-4-8-15-21)27(24(28)19-11-5-3-6-12-19)22-17-20-13-9-10-16-23(20)25-18-22/h5-8,11-14,16,18,26H,2-4,9-10,15H2,1H3,(H,27,28);3,5-6,9-13,16-18,21H,2,4,7-8,14-15H2,1H3. The van der Waals surface area contributed by atoms with E-state index in [0.717, 1.165) is 64.7 Å². The lowest BCUT2D eigenvalue weighted by molar-refractivity contribution is 0.0807. The van der Waals surface area contributed by atoms with E-state index in [1.165, 1.54) is 51.4 Å². The number of carbonyl (C=O) groups excluding carboxylic acids is 2. The Kier molecular flexibility index (Phi) is 13.0. The molecule has 0 bridgehead atoms. The van der Waals surface area contributed by atoms with Gasteiger partial charge in [-0.1, -0.05) is 112 Å². The highest BCUT2D eigenvalue weighted by molar-refractivity contribution is 6.09. The predicted molar refractivity (Wildman–Crippen MR) is 230 cm³/mol. The number of rotatable bonds is 10. The van der Waals surface area contributed by atoms with Crippen LogP contribution in [0.4, 0.5) is 17.1 Å². The summed E-state index contributed by atoms with van der Waals surface area (Å²) in [4.78, 5) is 35.6. The Morgan fingerprint density at radius 1 is 0.696 bits per heavy atom. The first-order chi connectivity index (χ1) is 27.5. The number of hydrogen-bond donors (Lipinski definition) is 2. The lowest BCUT2D eigenvalue weighted by atomic mass is 9.89. The Hall–Kier alpha value is -5.60. The van der Waals surface area contributed by atoms with Crippen molar-refractivity contribution in [2.75, 3.05) is 28.7 Å². The van der Waals surface area contributed by atoms with Crippen LogP contribution in [-0.4, -0.2) is 45.9 Å². The van der Waals surface area contributed by atoms with Crippen molar-refractivity contribution in [3.05, 3.63) is 138 Å². The van der Waals surface area contributed by atoms with Crippen LogP contribution in [-0.2, 0) is 0 Å². The molecule has 2 aromatic heterocycles. The van der Waals surface area contributed by atoms with Crippen molar-refractivity contribution >= 4 is 50.7 Å². The van der Waals surface area contributed by atoms with Crippen LogP contribution in [0.25, 0.3) is 21.8 Å². The second kappa shape index (κ2) is 18.8. The second-order valence-corrected chi connectivity index (χ2v) is 15.2. The zero-order valence-corrected chi connectivity index (χ0v) is 32.8. The second-order valence-electron chi connectivity index (χ2n) is 15.2. The molecule has 0 spiro atoms. The van der Waals surface area contributed by atoms with Gasteiger partial charge in [0.25, 0.3) is 11.8 Å². The van der Waals surface area contributed by atoms with Crippen LogP contribution in [0, 0.1) is 12.8 Å². The maximum atomic E-state index is 13.6. The molecule has 0 radical (unpaired) electrons. The molecular formula is C48H54N6O2. The third kappa shape index (κ3) is 9.43. The van der Waals surface area contributed by atoms with E-state index in [2.05, 4.69) is 51.6 Å². The number of nitrogens with one attached hydrogen (secondary N) is 2. The number of hydrogen-bond acceptors (Lipinski definition) is 6. The molecule has 6 aromatic rings. The fourth-order valence-electron chi connectivity index (χ4n) is 8.27. The molecule has 2 aliphatic rings. The number of benzene rings is 4. The summed E-state index contributed by atoms with van der Waals surface area (Å²) in [6, 6.07) is 35.8. The van der Waals surface area contributed by atoms with Gasteiger partial charge in [-0.3, -0.25) is 19.6 Å². The summed E-state index contributed by atoms with van der Waals surface area (Å²) in [7, 11) is 0. The van der Waals surface area contributed by atoms with Crippen LogP contribution in [0.2, 0.25) is 0 Å². The van der Waals surface area contributed by atoms with Crippen LogP contribution >= 0.6 is 0 Å². The van der Waals surface area contributed by atoms with Gasteiger partial charge >= 0.3 is 0 Å². The number of nitrogens with zero attached hydrogens (tertiary/aromatic N) is 4. The van der Waals surface area contributed by atoms with Gasteiger partial charge in [0.1, 0.15) is 0 Å². The molecule has 0 aliphatic heterocycles. The van der Waals surface area contributed by atoms with E-state index in [-0.39, 0.29) is 11.8 Å². The van der Waals surface area contributed by atoms with E-state index in [9.17, 15) is 9.59 Å². The van der Waals surface area contributed by atoms with E-state index in [1.54, 1.807) is 6.20 Å². The Morgan fingerprint density at radius 3 is 2.02 bits per heavy atom. The smallest absolute Gasteiger partial charge is 0.272 e. The molecule has 0 atom stereocenters. The van der Waals surface area contributed by atoms with E-state index >= 15 is 0 Å². The lowest BCUT2D eigenvalue weighted by Gasteiger charge is -2.41. The average Bonchev–Trinajstić information content (AvgIpc) is 3.25. The highest BCUT2D eigenvalue weighted by Crippen LogP contribution is 2.30. The Labute approximate surface area is 331 Å². The Bertz CT molecular complexity index is 2230. The van der Waals surface area contributed by atoms with E-state index in [1.807, 2.05) is 108 Å². The number of aromatic nitrogens is 2. The minimum atomic E-state index is -0.105. The van der Waals surface area contributed by atoms with Crippen molar-refractivity contribution in [1.82, 2.24) is 15.0 Å². The van der Waals surface area contributed by atoms with Crippen molar-refractivity contribution in [3.63, 3.8) is 0 Å². The molecule has 2 fully saturated rings. The van der Waals surface area contributed by atoms with Gasteiger partial charge in [-0.2, -0.15) is 0 Å². The number of pyridine rings is 2. The van der Waals surface area contributed by atoms with Gasteiger partial charge in [-0.25, -0.2) is 10.0 Å². The summed E-state index contributed by atoms with van der Waals surface area (Å²) >= 11 is 0. The lowest BCUT2D eigenvalue weighted by Crippen LogP contribution is -2.52. The highest BCUT2D eigenvalue weighted by atomic mass is 16.2. The fourth-order valence-corrected chi connectivity index (χ4v) is 8.27. The molecule has 2 saturated carbocycles. The van der Waals surface area contributed by atoms with Crippen molar-refractivity contribution in [1.29, 1.82) is 0 Å². The van der Waals surface area contributed by atoms with Gasteiger partial charge in [0.15, 0.2) is 0 Å². The zero-order valence-electron chi connectivity index (χ0n) is 32.8. The van der Waals surface area contributed by atoms with Crippen LogP contribution in [0.1, 0.15) is 97.4 Å². The molecule has 0 unspecified atom stereocenters. The summed E-state index contributed by atoms with van der Waals surface area (Å²) in [6.07, 6.45) is 16.1. The normalized spacial score (nSPS) is 14.9. The van der Waals surface area contributed by atoms with Gasteiger partial charge in [0.05, 0.1) is 40.4 Å². The molecule has 2 N–H and O–H groups in total. The first-order valence-electron chi connectivity index (χ1n) is 20.5. The summed E-state index contributed by atoms with van der Waals surface area (Å²) < 4.78 is 0. The Balaban J connectivity index is 0.000000172. The highest BCUT2D eigenvalue weighted by Gasteiger charge is 2.30. The number of hydrazine groups is 1. The number of fused-ring (bicyclic) bond motifs is 2. The molecule has 56 heavy (non-hydrogen) atoms. The fraction of sp³-hybridized carbons (Fsp3) is 0.333. The van der Waals surface area contributed by atoms with Gasteiger partial charge in [-0.05, 0) is 86.6 Å². The first kappa shape index (κ1) is 38.7. The average molecular weight is 747 g/mol. The van der Waals surface area contributed by atoms with Gasteiger partial charge in [0, 0.05) is 41.2 Å². The van der Waals surface area contributed by atoms with Crippen molar-refractivity contribution in [2.45, 2.75) is 84.1 Å². The van der Waals surface area contributed by atoms with Crippen LogP contribution < -0.4 is 15.6 Å². The monoisotopic (exact) mass is 746 g/mol. The topological polar surface area (TPSA) is 90.5 Å². The number of anilines is 3. The number of para-hydroxylation sites is 3. The van der Waals surface area contributed by atoms with Gasteiger partial charge in [-0.15, -0.1) is 0 Å². The number of amides is 2. The first-order valence-corrected chi connectivity index (χ1v) is 20.5. The number of aryl methyl sites for hydroxylation is 1. The van der Waals surface area contributed by atoms with Crippen LogP contribution in [0.5, 0.6) is 0 Å². The minimum Gasteiger partial charge on any atom is -0.384 e. The maximum Gasteiger partial charge on any atom is 0.272 e. The summed E-state index contributed by atoms with van der Waals surface area (Å²) in [5.74, 6) is 0.603. The van der Waals surface area contributed by atoms with Crippen molar-refractivity contribution in [3.8, 4) is 0 Å². The van der Waals surface area contributed by atoms with E-state index in [0.29, 0.717) is 28.8 Å². The third-order valence-corrected chi connectivity index (χ3v) is 11.3. The molecule has 8 rings (SSSR count). The summed E-state index contributed by atoms with van der Waals surface area (Å²) in [6.45, 7) is 5.91. The van der Waals surface area contributed by atoms with E-state index in [4.69, 9.17) is 0 Å². The molecule has 2 amide bonds.